The third kappa shape index (κ3) is 1.27. The lowest BCUT2D eigenvalue weighted by Crippen LogP contribution is -1.97. The Bertz CT molecular complexity index is 250. The first-order valence-corrected chi connectivity index (χ1v) is 4.16. The smallest absolute Gasteiger partial charge is 0.153 e. The second kappa shape index (κ2) is 2.32. The Hall–Kier alpha value is -0.860. The lowest BCUT2D eigenvalue weighted by Gasteiger charge is -2.01. The maximum atomic E-state index is 4.31. The van der Waals surface area contributed by atoms with Gasteiger partial charge in [-0.15, -0.1) is 0 Å². The van der Waals surface area contributed by atoms with Gasteiger partial charge in [0.05, 0.1) is 0 Å². The predicted octanol–water partition coefficient (Wildman–Crippen LogP) is 1.63. The van der Waals surface area contributed by atoms with Crippen molar-refractivity contribution in [3.8, 4) is 0 Å². The quantitative estimate of drug-likeness (QED) is 0.698. The van der Waals surface area contributed by atoms with Crippen molar-refractivity contribution >= 4 is 0 Å². The maximum Gasteiger partial charge on any atom is 0.153 e. The molecular formula is C8H13N3. The normalized spacial score (nSPS) is 20.2. The van der Waals surface area contributed by atoms with Crippen LogP contribution in [0.15, 0.2) is 0 Å². The molecule has 1 aromatic rings. The summed E-state index contributed by atoms with van der Waals surface area (Å²) in [5, 5.41) is 7.01. The molecule has 2 rings (SSSR count). The van der Waals surface area contributed by atoms with Crippen molar-refractivity contribution in [2.24, 2.45) is 5.92 Å². The summed E-state index contributed by atoms with van der Waals surface area (Å²) in [5.74, 6) is 3.32. The molecule has 0 radical (unpaired) electrons. The van der Waals surface area contributed by atoms with E-state index in [1.54, 1.807) is 0 Å². The first-order chi connectivity index (χ1) is 5.27. The molecule has 0 aliphatic heterocycles. The second-order valence-corrected chi connectivity index (χ2v) is 3.41. The Labute approximate surface area is 66.2 Å². The zero-order chi connectivity index (χ0) is 7.84. The van der Waals surface area contributed by atoms with Gasteiger partial charge in [0.25, 0.3) is 0 Å². The molecule has 11 heavy (non-hydrogen) atoms. The molecule has 1 unspecified atom stereocenters. The number of hydrogen-bond donors (Lipinski definition) is 1. The molecule has 0 aromatic carbocycles. The van der Waals surface area contributed by atoms with Crippen LogP contribution < -0.4 is 0 Å². The topological polar surface area (TPSA) is 41.6 Å². The van der Waals surface area contributed by atoms with E-state index in [4.69, 9.17) is 0 Å². The average Bonchev–Trinajstić information content (AvgIpc) is 2.74. The van der Waals surface area contributed by atoms with Crippen LogP contribution in [0.2, 0.25) is 0 Å². The molecule has 1 aliphatic rings. The summed E-state index contributed by atoms with van der Waals surface area (Å²) in [7, 11) is 0. The minimum absolute atomic E-state index is 0.556. The highest BCUT2D eigenvalue weighted by Gasteiger charge is 2.31. The van der Waals surface area contributed by atoms with Crippen LogP contribution in [0.5, 0.6) is 0 Å². The Kier molecular flexibility index (Phi) is 1.44. The van der Waals surface area contributed by atoms with Crippen molar-refractivity contribution in [2.45, 2.75) is 32.6 Å². The van der Waals surface area contributed by atoms with Crippen LogP contribution in [0.3, 0.4) is 0 Å². The van der Waals surface area contributed by atoms with Crippen molar-refractivity contribution in [1.82, 2.24) is 15.2 Å². The molecule has 1 N–H and O–H groups in total. The number of H-pyrrole nitrogens is 1. The molecule has 3 heteroatoms. The lowest BCUT2D eigenvalue weighted by atomic mass is 10.1. The number of aromatic amines is 1. The van der Waals surface area contributed by atoms with Gasteiger partial charge in [-0.25, -0.2) is 4.98 Å². The summed E-state index contributed by atoms with van der Waals surface area (Å²) >= 11 is 0. The first kappa shape index (κ1) is 6.83. The standard InChI is InChI=1S/C8H13N3/c1-5(7-3-4-7)8-9-6(2)10-11-8/h5,7H,3-4H2,1-2H3,(H,9,10,11). The van der Waals surface area contributed by atoms with E-state index in [2.05, 4.69) is 22.1 Å². The van der Waals surface area contributed by atoms with E-state index in [1.807, 2.05) is 6.92 Å². The van der Waals surface area contributed by atoms with Crippen LogP contribution in [0.4, 0.5) is 0 Å². The average molecular weight is 151 g/mol. The van der Waals surface area contributed by atoms with Gasteiger partial charge in [-0.1, -0.05) is 6.92 Å². The van der Waals surface area contributed by atoms with Crippen molar-refractivity contribution < 1.29 is 0 Å². The zero-order valence-electron chi connectivity index (χ0n) is 6.96. The Morgan fingerprint density at radius 2 is 2.27 bits per heavy atom. The fourth-order valence-electron chi connectivity index (χ4n) is 1.37. The molecule has 3 nitrogen and oxygen atoms in total. The van der Waals surface area contributed by atoms with Gasteiger partial charge in [-0.3, -0.25) is 5.10 Å². The number of aryl methyl sites for hydroxylation is 1. The van der Waals surface area contributed by atoms with Crippen LogP contribution in [0.25, 0.3) is 0 Å². The zero-order valence-corrected chi connectivity index (χ0v) is 6.96. The Morgan fingerprint density at radius 1 is 1.55 bits per heavy atom. The van der Waals surface area contributed by atoms with Gasteiger partial charge in [0.1, 0.15) is 5.82 Å². The molecule has 0 spiro atoms. The molecule has 1 atom stereocenters. The molecule has 1 fully saturated rings. The van der Waals surface area contributed by atoms with E-state index in [1.165, 1.54) is 12.8 Å². The van der Waals surface area contributed by atoms with Gasteiger partial charge in [-0.05, 0) is 25.7 Å². The van der Waals surface area contributed by atoms with Crippen molar-refractivity contribution in [3.05, 3.63) is 11.6 Å². The molecular weight excluding hydrogens is 138 g/mol. The number of nitrogens with zero attached hydrogens (tertiary/aromatic N) is 2. The maximum absolute atomic E-state index is 4.31. The number of aromatic nitrogens is 3. The lowest BCUT2D eigenvalue weighted by molar-refractivity contribution is 0.623. The highest BCUT2D eigenvalue weighted by Crippen LogP contribution is 2.40. The molecule has 60 valence electrons. The van der Waals surface area contributed by atoms with Crippen LogP contribution in [0.1, 0.15) is 37.3 Å². The summed E-state index contributed by atoms with van der Waals surface area (Å²) < 4.78 is 0. The molecule has 1 saturated carbocycles. The summed E-state index contributed by atoms with van der Waals surface area (Å²) in [4.78, 5) is 4.31. The van der Waals surface area contributed by atoms with Crippen molar-refractivity contribution in [3.63, 3.8) is 0 Å². The number of rotatable bonds is 2. The molecule has 0 amide bonds. The summed E-state index contributed by atoms with van der Waals surface area (Å²) in [5.41, 5.74) is 0. The summed E-state index contributed by atoms with van der Waals surface area (Å²) in [6.07, 6.45) is 2.71. The second-order valence-electron chi connectivity index (χ2n) is 3.41. The van der Waals surface area contributed by atoms with Crippen molar-refractivity contribution in [2.75, 3.05) is 0 Å². The van der Waals surface area contributed by atoms with E-state index in [0.29, 0.717) is 5.92 Å². The first-order valence-electron chi connectivity index (χ1n) is 4.16. The minimum atomic E-state index is 0.556. The largest absolute Gasteiger partial charge is 0.263 e. The van der Waals surface area contributed by atoms with E-state index in [-0.39, 0.29) is 0 Å². The fraction of sp³-hybridized carbons (Fsp3) is 0.750. The van der Waals surface area contributed by atoms with Gasteiger partial charge in [0.15, 0.2) is 5.82 Å². The van der Waals surface area contributed by atoms with Gasteiger partial charge < -0.3 is 0 Å². The van der Waals surface area contributed by atoms with E-state index >= 15 is 0 Å². The highest BCUT2D eigenvalue weighted by atomic mass is 15.2. The van der Waals surface area contributed by atoms with Crippen LogP contribution in [-0.4, -0.2) is 15.2 Å². The van der Waals surface area contributed by atoms with E-state index < -0.39 is 0 Å². The third-order valence-corrected chi connectivity index (χ3v) is 2.35. The van der Waals surface area contributed by atoms with Gasteiger partial charge in [0, 0.05) is 5.92 Å². The number of hydrogen-bond acceptors (Lipinski definition) is 2. The Balaban J connectivity index is 2.14. The minimum Gasteiger partial charge on any atom is -0.263 e. The predicted molar refractivity (Wildman–Crippen MR) is 42.3 cm³/mol. The summed E-state index contributed by atoms with van der Waals surface area (Å²) in [6.45, 7) is 4.15. The molecule has 0 bridgehead atoms. The van der Waals surface area contributed by atoms with Crippen LogP contribution in [-0.2, 0) is 0 Å². The SMILES string of the molecule is Cc1nc(C(C)C2CC2)n[nH]1. The third-order valence-electron chi connectivity index (χ3n) is 2.35. The number of nitrogens with one attached hydrogen (secondary N) is 1. The molecule has 0 saturated heterocycles. The molecule has 1 aliphatic carbocycles. The van der Waals surface area contributed by atoms with E-state index in [0.717, 1.165) is 17.6 Å². The van der Waals surface area contributed by atoms with Crippen LogP contribution >= 0.6 is 0 Å². The van der Waals surface area contributed by atoms with E-state index in [9.17, 15) is 0 Å². The van der Waals surface area contributed by atoms with Crippen LogP contribution in [0, 0.1) is 12.8 Å². The monoisotopic (exact) mass is 151 g/mol. The van der Waals surface area contributed by atoms with Crippen molar-refractivity contribution in [1.29, 1.82) is 0 Å². The van der Waals surface area contributed by atoms with Gasteiger partial charge in [0.2, 0.25) is 0 Å². The highest BCUT2D eigenvalue weighted by molar-refractivity contribution is 5.01. The van der Waals surface area contributed by atoms with Gasteiger partial charge in [-0.2, -0.15) is 5.10 Å². The van der Waals surface area contributed by atoms with Gasteiger partial charge >= 0.3 is 0 Å². The summed E-state index contributed by atoms with van der Waals surface area (Å²) in [6, 6.07) is 0. The fourth-order valence-corrected chi connectivity index (χ4v) is 1.37. The molecule has 1 heterocycles. The molecule has 1 aromatic heterocycles. The Morgan fingerprint density at radius 3 is 2.73 bits per heavy atom.